The van der Waals surface area contributed by atoms with Gasteiger partial charge in [0.2, 0.25) is 0 Å². The van der Waals surface area contributed by atoms with Crippen LogP contribution in [0.5, 0.6) is 0 Å². The van der Waals surface area contributed by atoms with Gasteiger partial charge in [-0.2, -0.15) is 0 Å². The number of rotatable bonds is 5. The monoisotopic (exact) mass is 779 g/mol. The zero-order valence-electron chi connectivity index (χ0n) is 35.0. The molecule has 0 aromatic heterocycles. The fourth-order valence-corrected chi connectivity index (χ4v) is 11.0. The largest absolute Gasteiger partial charge is 0.310 e. The Hall–Kier alpha value is -7.22. The molecule has 2 aliphatic rings. The van der Waals surface area contributed by atoms with Crippen LogP contribution in [0.4, 0.5) is 17.1 Å². The summed E-state index contributed by atoms with van der Waals surface area (Å²) in [5.41, 5.74) is 19.1. The summed E-state index contributed by atoms with van der Waals surface area (Å²) in [6.07, 6.45) is 0. The van der Waals surface area contributed by atoms with Gasteiger partial charge in [0, 0.05) is 27.6 Å². The lowest BCUT2D eigenvalue weighted by Gasteiger charge is -2.30. The number of hydrogen-bond acceptors (Lipinski definition) is 1. The van der Waals surface area contributed by atoms with Gasteiger partial charge in [-0.1, -0.05) is 198 Å². The lowest BCUT2D eigenvalue weighted by molar-refractivity contribution is 0.660. The number of fused-ring (bicyclic) bond motifs is 10. The third-order valence-corrected chi connectivity index (χ3v) is 14.1. The van der Waals surface area contributed by atoms with E-state index in [0.29, 0.717) is 0 Å². The van der Waals surface area contributed by atoms with E-state index in [2.05, 4.69) is 233 Å². The molecule has 0 amide bonds. The van der Waals surface area contributed by atoms with Gasteiger partial charge in [-0.05, 0) is 124 Å². The van der Waals surface area contributed by atoms with Crippen LogP contribution in [0.2, 0.25) is 0 Å². The zero-order chi connectivity index (χ0) is 41.0. The second-order valence-electron chi connectivity index (χ2n) is 18.1. The lowest BCUT2D eigenvalue weighted by atomic mass is 9.81. The zero-order valence-corrected chi connectivity index (χ0v) is 35.0. The first-order valence-corrected chi connectivity index (χ1v) is 21.6. The van der Waals surface area contributed by atoms with E-state index in [0.717, 1.165) is 11.4 Å². The van der Waals surface area contributed by atoms with Crippen LogP contribution < -0.4 is 4.90 Å². The first-order valence-electron chi connectivity index (χ1n) is 21.6. The molecule has 0 fully saturated rings. The molecule has 0 spiro atoms. The summed E-state index contributed by atoms with van der Waals surface area (Å²) in [5, 5.41) is 7.50. The van der Waals surface area contributed by atoms with Crippen molar-refractivity contribution in [1.29, 1.82) is 0 Å². The van der Waals surface area contributed by atoms with Gasteiger partial charge >= 0.3 is 0 Å². The average molecular weight is 780 g/mol. The first kappa shape index (κ1) is 35.7. The van der Waals surface area contributed by atoms with Crippen molar-refractivity contribution in [1.82, 2.24) is 0 Å². The Balaban J connectivity index is 1.07. The Labute approximate surface area is 358 Å². The molecule has 0 atom stereocenters. The van der Waals surface area contributed by atoms with E-state index in [4.69, 9.17) is 0 Å². The summed E-state index contributed by atoms with van der Waals surface area (Å²) in [4.78, 5) is 2.49. The second kappa shape index (κ2) is 13.1. The molecule has 290 valence electrons. The third-order valence-electron chi connectivity index (χ3n) is 14.1. The molecule has 0 bridgehead atoms. The Bertz CT molecular complexity index is 3420. The van der Waals surface area contributed by atoms with E-state index < -0.39 is 0 Å². The van der Waals surface area contributed by atoms with Crippen LogP contribution in [0, 0.1) is 0 Å². The highest BCUT2D eigenvalue weighted by Gasteiger charge is 2.38. The van der Waals surface area contributed by atoms with Crippen molar-refractivity contribution >= 4 is 49.4 Å². The van der Waals surface area contributed by atoms with Crippen molar-refractivity contribution in [3.05, 3.63) is 222 Å². The van der Waals surface area contributed by atoms with Gasteiger partial charge in [0.25, 0.3) is 0 Å². The molecule has 10 aromatic rings. The highest BCUT2D eigenvalue weighted by Crippen LogP contribution is 2.55. The maximum Gasteiger partial charge on any atom is 0.0546 e. The summed E-state index contributed by atoms with van der Waals surface area (Å²) in [7, 11) is 0. The smallest absolute Gasteiger partial charge is 0.0546 e. The minimum absolute atomic E-state index is 0.0830. The van der Waals surface area contributed by atoms with Gasteiger partial charge in [0.05, 0.1) is 5.69 Å². The minimum Gasteiger partial charge on any atom is -0.310 e. The Kier molecular flexibility index (Phi) is 7.69. The molecule has 0 heterocycles. The van der Waals surface area contributed by atoms with Crippen molar-refractivity contribution in [3.8, 4) is 44.5 Å². The van der Waals surface area contributed by atoms with Crippen LogP contribution in [-0.4, -0.2) is 0 Å². The molecule has 0 saturated carbocycles. The second-order valence-corrected chi connectivity index (χ2v) is 18.1. The van der Waals surface area contributed by atoms with Crippen molar-refractivity contribution in [3.63, 3.8) is 0 Å². The fraction of sp³-hybridized carbons (Fsp3) is 0.100. The summed E-state index contributed by atoms with van der Waals surface area (Å²) in [6, 6.07) is 74.9. The van der Waals surface area contributed by atoms with E-state index in [1.807, 2.05) is 0 Å². The minimum atomic E-state index is -0.122. The quantitative estimate of drug-likeness (QED) is 0.157. The molecule has 1 nitrogen and oxygen atoms in total. The number of nitrogens with zero attached hydrogens (tertiary/aromatic N) is 1. The fourth-order valence-electron chi connectivity index (χ4n) is 11.0. The number of benzene rings is 10. The first-order chi connectivity index (χ1) is 29.8. The molecular formula is C60H45N. The molecule has 0 unspecified atom stereocenters. The molecule has 0 aliphatic heterocycles. The Morgan fingerprint density at radius 2 is 0.852 bits per heavy atom. The number of anilines is 3. The molecule has 61 heavy (non-hydrogen) atoms. The maximum atomic E-state index is 2.49. The molecule has 12 rings (SSSR count). The predicted molar refractivity (Wildman–Crippen MR) is 260 cm³/mol. The van der Waals surface area contributed by atoms with E-state index in [1.165, 1.54) is 105 Å². The lowest BCUT2D eigenvalue weighted by Crippen LogP contribution is -2.16. The molecule has 0 radical (unpaired) electrons. The van der Waals surface area contributed by atoms with E-state index >= 15 is 0 Å². The van der Waals surface area contributed by atoms with Crippen LogP contribution in [0.25, 0.3) is 76.8 Å². The Morgan fingerprint density at radius 1 is 0.311 bits per heavy atom. The van der Waals surface area contributed by atoms with Gasteiger partial charge in [-0.25, -0.2) is 0 Å². The Morgan fingerprint density at radius 3 is 1.64 bits per heavy atom. The highest BCUT2D eigenvalue weighted by molar-refractivity contribution is 6.15. The predicted octanol–water partition coefficient (Wildman–Crippen LogP) is 16.6. The highest BCUT2D eigenvalue weighted by atomic mass is 15.1. The normalized spacial score (nSPS) is 14.2. The van der Waals surface area contributed by atoms with Crippen molar-refractivity contribution in [2.45, 2.75) is 38.5 Å². The topological polar surface area (TPSA) is 3.24 Å². The average Bonchev–Trinajstić information content (AvgIpc) is 3.68. The van der Waals surface area contributed by atoms with E-state index in [1.54, 1.807) is 0 Å². The van der Waals surface area contributed by atoms with E-state index in [9.17, 15) is 0 Å². The summed E-state index contributed by atoms with van der Waals surface area (Å²) < 4.78 is 0. The molecule has 0 saturated heterocycles. The third kappa shape index (κ3) is 5.20. The SMILES string of the molecule is CC1(C)c2ccccc2-c2ccc(N(c3ccc(-c4ccc5ccccc5c4-c4cccc5c4-c4ccccc4C5(C)C)cc3)c3cc4ccccc4c4ccccc34)cc21. The summed E-state index contributed by atoms with van der Waals surface area (Å²) in [6.45, 7) is 9.48. The van der Waals surface area contributed by atoms with Crippen molar-refractivity contribution in [2.24, 2.45) is 0 Å². The molecule has 1 heteroatoms. The van der Waals surface area contributed by atoms with Gasteiger partial charge in [0.15, 0.2) is 0 Å². The van der Waals surface area contributed by atoms with Gasteiger partial charge in [0.1, 0.15) is 0 Å². The van der Waals surface area contributed by atoms with Crippen LogP contribution in [-0.2, 0) is 10.8 Å². The number of hydrogen-bond donors (Lipinski definition) is 0. The molecule has 0 N–H and O–H groups in total. The molecule has 2 aliphatic carbocycles. The van der Waals surface area contributed by atoms with Crippen molar-refractivity contribution < 1.29 is 0 Å². The molecule has 10 aromatic carbocycles. The van der Waals surface area contributed by atoms with E-state index in [-0.39, 0.29) is 10.8 Å². The van der Waals surface area contributed by atoms with Gasteiger partial charge < -0.3 is 4.90 Å². The standard InChI is InChI=1S/C60H45N/c1-59(2)53-26-14-12-23-50(53)58-51(24-15-27-54(58)59)57-44-19-8-5-16-38(44)30-34-45(57)39-28-31-41(32-29-39)61(56-36-40-17-6-7-18-43(40)46-20-9-10-22-49(46)56)42-33-35-48-47-21-11-13-25-52(47)60(3,4)55(48)37-42/h5-37H,1-4H3. The van der Waals surface area contributed by atoms with Crippen LogP contribution in [0.3, 0.4) is 0 Å². The summed E-state index contributed by atoms with van der Waals surface area (Å²) in [5.74, 6) is 0. The van der Waals surface area contributed by atoms with Crippen LogP contribution in [0.15, 0.2) is 200 Å². The van der Waals surface area contributed by atoms with Gasteiger partial charge in [-0.3, -0.25) is 0 Å². The maximum absolute atomic E-state index is 2.49. The molecular weight excluding hydrogens is 735 g/mol. The van der Waals surface area contributed by atoms with Crippen LogP contribution in [0.1, 0.15) is 49.9 Å². The van der Waals surface area contributed by atoms with Gasteiger partial charge in [-0.15, -0.1) is 0 Å². The van der Waals surface area contributed by atoms with Crippen molar-refractivity contribution in [2.75, 3.05) is 4.90 Å². The summed E-state index contributed by atoms with van der Waals surface area (Å²) >= 11 is 0. The van der Waals surface area contributed by atoms with Crippen LogP contribution >= 0.6 is 0 Å².